The van der Waals surface area contributed by atoms with E-state index in [1.807, 2.05) is 24.3 Å². The smallest absolute Gasteiger partial charge is 0.312 e. The van der Waals surface area contributed by atoms with Gasteiger partial charge in [0.05, 0.1) is 20.2 Å². The number of esters is 1. The van der Waals surface area contributed by atoms with Gasteiger partial charge in [0.15, 0.2) is 12.6 Å². The Morgan fingerprint density at radius 3 is 2.61 bits per heavy atom. The van der Waals surface area contributed by atoms with Crippen LogP contribution in [0.15, 0.2) is 24.3 Å². The second-order valence-electron chi connectivity index (χ2n) is 7.35. The van der Waals surface area contributed by atoms with Crippen LogP contribution >= 0.6 is 0 Å². The number of quaternary nitrogens is 1. The Labute approximate surface area is 165 Å². The first-order valence-electron chi connectivity index (χ1n) is 9.91. The van der Waals surface area contributed by atoms with Crippen molar-refractivity contribution in [3.8, 4) is 0 Å². The predicted molar refractivity (Wildman–Crippen MR) is 105 cm³/mol. The highest BCUT2D eigenvalue weighted by molar-refractivity contribution is 5.92. The van der Waals surface area contributed by atoms with Crippen molar-refractivity contribution in [3.63, 3.8) is 0 Å². The van der Waals surface area contributed by atoms with Crippen molar-refractivity contribution in [2.75, 3.05) is 50.1 Å². The Bertz CT molecular complexity index is 701. The Morgan fingerprint density at radius 2 is 1.93 bits per heavy atom. The van der Waals surface area contributed by atoms with Gasteiger partial charge in [0.2, 0.25) is 0 Å². The molecule has 28 heavy (non-hydrogen) atoms. The summed E-state index contributed by atoms with van der Waals surface area (Å²) >= 11 is 0. The van der Waals surface area contributed by atoms with Gasteiger partial charge in [-0.2, -0.15) is 0 Å². The van der Waals surface area contributed by atoms with Gasteiger partial charge < -0.3 is 25.2 Å². The van der Waals surface area contributed by atoms with Crippen molar-refractivity contribution in [1.29, 1.82) is 0 Å². The molecule has 2 aliphatic rings. The van der Waals surface area contributed by atoms with Crippen molar-refractivity contribution in [2.24, 2.45) is 0 Å². The van der Waals surface area contributed by atoms with Crippen LogP contribution in [0.3, 0.4) is 0 Å². The highest BCUT2D eigenvalue weighted by Crippen LogP contribution is 2.21. The third-order valence-corrected chi connectivity index (χ3v) is 5.41. The minimum atomic E-state index is -0.603. The Morgan fingerprint density at radius 1 is 1.21 bits per heavy atom. The molecule has 2 heterocycles. The summed E-state index contributed by atoms with van der Waals surface area (Å²) in [6.45, 7) is 3.36. The van der Waals surface area contributed by atoms with Gasteiger partial charge in [0, 0.05) is 24.5 Å². The zero-order chi connectivity index (χ0) is 19.9. The molecule has 2 atom stereocenters. The van der Waals surface area contributed by atoms with Crippen molar-refractivity contribution in [1.82, 2.24) is 5.32 Å². The number of nitrogens with one attached hydrogen (secondary N) is 3. The number of benzene rings is 1. The lowest BCUT2D eigenvalue weighted by atomic mass is 10.1. The Hall–Kier alpha value is -2.61. The lowest BCUT2D eigenvalue weighted by Gasteiger charge is -2.31. The van der Waals surface area contributed by atoms with Crippen LogP contribution in [0.25, 0.3) is 0 Å². The number of methoxy groups -OCH3 is 1. The molecule has 2 saturated heterocycles. The molecule has 0 radical (unpaired) electrons. The zero-order valence-corrected chi connectivity index (χ0v) is 16.3. The minimum Gasteiger partial charge on any atom is -0.469 e. The normalized spacial score (nSPS) is 22.3. The molecule has 1 aromatic rings. The molecular formula is C20H29N4O4+. The summed E-state index contributed by atoms with van der Waals surface area (Å²) in [6, 6.07) is 7.27. The average Bonchev–Trinajstić information content (AvgIpc) is 2.71. The number of amides is 2. The topological polar surface area (TPSA) is 92.2 Å². The van der Waals surface area contributed by atoms with E-state index >= 15 is 0 Å². The molecule has 0 saturated carbocycles. The fourth-order valence-electron chi connectivity index (χ4n) is 3.85. The Kier molecular flexibility index (Phi) is 6.86. The van der Waals surface area contributed by atoms with Crippen LogP contribution < -0.4 is 20.4 Å². The van der Waals surface area contributed by atoms with Gasteiger partial charge in [0.1, 0.15) is 6.42 Å². The van der Waals surface area contributed by atoms with E-state index in [0.29, 0.717) is 13.1 Å². The Balaban J connectivity index is 1.56. The van der Waals surface area contributed by atoms with Crippen LogP contribution in [0.2, 0.25) is 0 Å². The molecule has 3 rings (SSSR count). The first-order chi connectivity index (χ1) is 13.6. The molecule has 0 aliphatic carbocycles. The molecule has 2 fully saturated rings. The van der Waals surface area contributed by atoms with E-state index < -0.39 is 12.0 Å². The lowest BCUT2D eigenvalue weighted by Crippen LogP contribution is -3.20. The maximum atomic E-state index is 12.5. The van der Waals surface area contributed by atoms with Gasteiger partial charge in [-0.05, 0) is 43.5 Å². The molecule has 8 heteroatoms. The number of rotatable bonds is 6. The molecule has 0 aromatic heterocycles. The molecule has 0 bridgehead atoms. The minimum absolute atomic E-state index is 0.0323. The van der Waals surface area contributed by atoms with Gasteiger partial charge >= 0.3 is 5.97 Å². The molecule has 1 unspecified atom stereocenters. The van der Waals surface area contributed by atoms with Gasteiger partial charge in [0.25, 0.3) is 11.8 Å². The maximum absolute atomic E-state index is 12.5. The number of carbonyl (C=O) groups is 3. The summed E-state index contributed by atoms with van der Waals surface area (Å²) in [7, 11) is 1.29. The number of nitrogens with zero attached hydrogens (tertiary/aromatic N) is 1. The van der Waals surface area contributed by atoms with E-state index in [-0.39, 0.29) is 24.8 Å². The van der Waals surface area contributed by atoms with Crippen LogP contribution in [0, 0.1) is 0 Å². The standard InChI is InChI=1S/C20H28N4O4/c1-28-19(26)13-17-20(27)21-9-12-24(17)14-18(25)22-15-5-7-16(8-6-15)23-10-3-2-4-11-23/h5-8,17H,2-4,9-14H2,1H3,(H,21,27)(H,22,25)/p+1/t17-/m1/s1. The number of piperazine rings is 1. The molecule has 152 valence electrons. The number of hydrogen-bond donors (Lipinski definition) is 3. The summed E-state index contributed by atoms with van der Waals surface area (Å²) in [4.78, 5) is 39.3. The summed E-state index contributed by atoms with van der Waals surface area (Å²) in [6.07, 6.45) is 3.70. The third-order valence-electron chi connectivity index (χ3n) is 5.41. The summed E-state index contributed by atoms with van der Waals surface area (Å²) in [5, 5.41) is 5.64. The second kappa shape index (κ2) is 9.54. The quantitative estimate of drug-likeness (QED) is 0.574. The third kappa shape index (κ3) is 5.22. The van der Waals surface area contributed by atoms with Crippen molar-refractivity contribution in [2.45, 2.75) is 31.7 Å². The number of carbonyl (C=O) groups excluding carboxylic acids is 3. The van der Waals surface area contributed by atoms with Crippen molar-refractivity contribution >= 4 is 29.2 Å². The summed E-state index contributed by atoms with van der Waals surface area (Å²) in [5.41, 5.74) is 1.91. The number of ether oxygens (including phenoxy) is 1. The molecule has 1 aromatic carbocycles. The zero-order valence-electron chi connectivity index (χ0n) is 16.3. The SMILES string of the molecule is COC(=O)C[C@@H]1C(=O)NCC[NH+]1CC(=O)Nc1ccc(N2CCCCC2)cc1. The molecule has 0 spiro atoms. The fraction of sp³-hybridized carbons (Fsp3) is 0.550. The van der Waals surface area contributed by atoms with Crippen LogP contribution in [0.4, 0.5) is 11.4 Å². The fourth-order valence-corrected chi connectivity index (χ4v) is 3.85. The van der Waals surface area contributed by atoms with Crippen LogP contribution in [0.5, 0.6) is 0 Å². The second-order valence-corrected chi connectivity index (χ2v) is 7.35. The van der Waals surface area contributed by atoms with E-state index in [4.69, 9.17) is 0 Å². The number of anilines is 2. The molecule has 8 nitrogen and oxygen atoms in total. The van der Waals surface area contributed by atoms with E-state index in [9.17, 15) is 14.4 Å². The van der Waals surface area contributed by atoms with Gasteiger partial charge in [-0.1, -0.05) is 0 Å². The predicted octanol–water partition coefficient (Wildman–Crippen LogP) is -0.438. The van der Waals surface area contributed by atoms with E-state index in [1.54, 1.807) is 0 Å². The monoisotopic (exact) mass is 389 g/mol. The summed E-state index contributed by atoms with van der Waals surface area (Å²) in [5.74, 6) is -0.844. The average molecular weight is 389 g/mol. The van der Waals surface area contributed by atoms with Crippen molar-refractivity contribution < 1.29 is 24.0 Å². The molecule has 2 amide bonds. The van der Waals surface area contributed by atoms with Crippen LogP contribution in [-0.2, 0) is 19.1 Å². The number of hydrogen-bond acceptors (Lipinski definition) is 5. The highest BCUT2D eigenvalue weighted by atomic mass is 16.5. The van der Waals surface area contributed by atoms with Crippen LogP contribution in [-0.4, -0.2) is 63.7 Å². The summed E-state index contributed by atoms with van der Waals surface area (Å²) < 4.78 is 4.67. The van der Waals surface area contributed by atoms with Crippen molar-refractivity contribution in [3.05, 3.63) is 24.3 Å². The number of piperidine rings is 1. The highest BCUT2D eigenvalue weighted by Gasteiger charge is 2.36. The van der Waals surface area contributed by atoms with Crippen LogP contribution in [0.1, 0.15) is 25.7 Å². The van der Waals surface area contributed by atoms with E-state index in [2.05, 4.69) is 20.3 Å². The van der Waals surface area contributed by atoms with Gasteiger partial charge in [-0.15, -0.1) is 0 Å². The molecular weight excluding hydrogens is 360 g/mol. The van der Waals surface area contributed by atoms with Gasteiger partial charge in [-0.3, -0.25) is 14.4 Å². The largest absolute Gasteiger partial charge is 0.469 e. The van der Waals surface area contributed by atoms with E-state index in [1.165, 1.54) is 32.1 Å². The first kappa shape index (κ1) is 20.1. The molecule has 3 N–H and O–H groups in total. The van der Waals surface area contributed by atoms with E-state index in [0.717, 1.165) is 23.7 Å². The molecule has 2 aliphatic heterocycles. The lowest BCUT2D eigenvalue weighted by molar-refractivity contribution is -0.909. The maximum Gasteiger partial charge on any atom is 0.312 e. The van der Waals surface area contributed by atoms with Gasteiger partial charge in [-0.25, -0.2) is 0 Å². The first-order valence-corrected chi connectivity index (χ1v) is 9.91.